The lowest BCUT2D eigenvalue weighted by Gasteiger charge is -2.44. The fourth-order valence-electron chi connectivity index (χ4n) is 8.46. The molecule has 6 unspecified atom stereocenters. The van der Waals surface area contributed by atoms with Crippen molar-refractivity contribution in [1.82, 2.24) is 0 Å². The van der Waals surface area contributed by atoms with Gasteiger partial charge in [-0.15, -0.1) is 0 Å². The van der Waals surface area contributed by atoms with E-state index in [2.05, 4.69) is 98.4 Å². The molecule has 3 saturated carbocycles. The highest BCUT2D eigenvalue weighted by molar-refractivity contribution is 6.70. The van der Waals surface area contributed by atoms with Crippen molar-refractivity contribution >= 4 is 25.0 Å². The van der Waals surface area contributed by atoms with Gasteiger partial charge in [-0.1, -0.05) is 56.6 Å². The summed E-state index contributed by atoms with van der Waals surface area (Å²) in [4.78, 5) is 0. The summed E-state index contributed by atoms with van der Waals surface area (Å²) in [6, 6.07) is 0. The predicted octanol–water partition coefficient (Wildman–Crippen LogP) is 11.3. The molecule has 0 aliphatic heterocycles. The number of fused-ring (bicyclic) bond motifs is 1. The maximum Gasteiger partial charge on any atom is 0.184 e. The lowest BCUT2D eigenvalue weighted by atomic mass is 9.60. The Morgan fingerprint density at radius 2 is 1.64 bits per heavy atom. The number of rotatable bonds is 13. The fourth-order valence-corrected chi connectivity index (χ4v) is 12.0. The van der Waals surface area contributed by atoms with Gasteiger partial charge in [-0.05, 0) is 152 Å². The average molecular weight is 633 g/mol. The molecule has 0 bridgehead atoms. The molecule has 0 spiro atoms. The molecule has 3 nitrogen and oxygen atoms in total. The average Bonchev–Trinajstić information content (AvgIpc) is 3.18. The van der Waals surface area contributed by atoms with Crippen LogP contribution in [-0.4, -0.2) is 43.3 Å². The minimum absolute atomic E-state index is 0.164. The van der Waals surface area contributed by atoms with E-state index in [9.17, 15) is 0 Å². The fraction of sp³-hybridized carbons (Fsp3) is 0.833. The molecular formula is C36H68O3Si3. The van der Waals surface area contributed by atoms with Crippen molar-refractivity contribution in [2.24, 2.45) is 23.2 Å². The van der Waals surface area contributed by atoms with Crippen LogP contribution < -0.4 is 0 Å². The molecule has 0 amide bonds. The van der Waals surface area contributed by atoms with Crippen molar-refractivity contribution in [2.45, 2.75) is 162 Å². The third-order valence-corrected chi connectivity index (χ3v) is 13.3. The van der Waals surface area contributed by atoms with Crippen LogP contribution in [0.25, 0.3) is 0 Å². The number of allylic oxidation sites excluding steroid dienone is 4. The van der Waals surface area contributed by atoms with Crippen LogP contribution in [0.1, 0.15) is 91.4 Å². The van der Waals surface area contributed by atoms with Crippen LogP contribution in [0.4, 0.5) is 0 Å². The van der Waals surface area contributed by atoms with Crippen LogP contribution in [0.3, 0.4) is 0 Å². The molecule has 242 valence electrons. The normalized spacial score (nSPS) is 31.8. The van der Waals surface area contributed by atoms with E-state index in [1.54, 1.807) is 5.57 Å². The Kier molecular flexibility index (Phi) is 12.1. The van der Waals surface area contributed by atoms with Crippen LogP contribution in [-0.2, 0) is 13.3 Å². The highest BCUT2D eigenvalue weighted by atomic mass is 28.4. The predicted molar refractivity (Wildman–Crippen MR) is 191 cm³/mol. The van der Waals surface area contributed by atoms with Gasteiger partial charge in [0.2, 0.25) is 0 Å². The third kappa shape index (κ3) is 10.7. The van der Waals surface area contributed by atoms with Crippen LogP contribution in [0.2, 0.25) is 58.9 Å². The van der Waals surface area contributed by atoms with E-state index in [4.69, 9.17) is 13.3 Å². The second-order valence-corrected chi connectivity index (χ2v) is 31.1. The van der Waals surface area contributed by atoms with Crippen molar-refractivity contribution in [1.29, 1.82) is 0 Å². The molecule has 3 rings (SSSR count). The van der Waals surface area contributed by atoms with Gasteiger partial charge in [0.05, 0.1) is 12.2 Å². The monoisotopic (exact) mass is 632 g/mol. The van der Waals surface area contributed by atoms with E-state index in [0.29, 0.717) is 11.5 Å². The van der Waals surface area contributed by atoms with Crippen molar-refractivity contribution in [3.63, 3.8) is 0 Å². The van der Waals surface area contributed by atoms with Gasteiger partial charge in [-0.25, -0.2) is 0 Å². The first-order valence-corrected chi connectivity index (χ1v) is 27.5. The van der Waals surface area contributed by atoms with Crippen molar-refractivity contribution in [3.8, 4) is 0 Å². The minimum Gasteiger partial charge on any atom is -0.415 e. The standard InChI is InChI=1S/C36H68O3Si3/c1-28-18-21-32(38-41(8,9)10)26-31(28)20-19-30-17-15-25-36(4)33(22-23-34(30)36)29(2)16-14-24-35(3,39-42(11,12)13)27-37-40(5,6)7/h19-20,29,32-34H,1,14-18,21-27H2,2-13H3/b30-19+,31-20-. The number of hydrogen-bond acceptors (Lipinski definition) is 3. The second kappa shape index (κ2) is 14.0. The van der Waals surface area contributed by atoms with Crippen molar-refractivity contribution < 1.29 is 13.3 Å². The van der Waals surface area contributed by atoms with E-state index in [1.165, 1.54) is 56.1 Å². The van der Waals surface area contributed by atoms with Crippen molar-refractivity contribution in [3.05, 3.63) is 35.5 Å². The minimum atomic E-state index is -1.66. The maximum atomic E-state index is 6.77. The van der Waals surface area contributed by atoms with Gasteiger partial charge in [-0.2, -0.15) is 0 Å². The molecule has 3 aliphatic rings. The van der Waals surface area contributed by atoms with Gasteiger partial charge in [0.1, 0.15) is 0 Å². The third-order valence-electron chi connectivity index (χ3n) is 10.1. The van der Waals surface area contributed by atoms with Crippen molar-refractivity contribution in [2.75, 3.05) is 6.61 Å². The van der Waals surface area contributed by atoms with Gasteiger partial charge in [0.15, 0.2) is 25.0 Å². The molecule has 0 saturated heterocycles. The molecule has 3 fully saturated rings. The topological polar surface area (TPSA) is 27.7 Å². The zero-order chi connectivity index (χ0) is 31.6. The zero-order valence-corrected chi connectivity index (χ0v) is 32.9. The van der Waals surface area contributed by atoms with E-state index in [1.807, 2.05) is 0 Å². The highest BCUT2D eigenvalue weighted by Crippen LogP contribution is 2.60. The maximum absolute atomic E-state index is 6.77. The summed E-state index contributed by atoms with van der Waals surface area (Å²) in [5.74, 6) is 2.32. The van der Waals surface area contributed by atoms with Gasteiger partial charge in [0, 0.05) is 6.10 Å². The summed E-state index contributed by atoms with van der Waals surface area (Å²) in [6.07, 6.45) is 19.0. The summed E-state index contributed by atoms with van der Waals surface area (Å²) >= 11 is 0. The molecule has 3 aliphatic carbocycles. The summed E-state index contributed by atoms with van der Waals surface area (Å²) in [5, 5.41) is 0. The molecule has 0 N–H and O–H groups in total. The van der Waals surface area contributed by atoms with E-state index >= 15 is 0 Å². The van der Waals surface area contributed by atoms with Gasteiger partial charge in [-0.3, -0.25) is 0 Å². The second-order valence-electron chi connectivity index (χ2n) is 17.7. The van der Waals surface area contributed by atoms with Gasteiger partial charge in [0.25, 0.3) is 0 Å². The lowest BCUT2D eigenvalue weighted by Crippen LogP contribution is -2.46. The first-order valence-electron chi connectivity index (χ1n) is 17.3. The Labute approximate surface area is 264 Å². The first-order chi connectivity index (χ1) is 19.2. The number of hydrogen-bond donors (Lipinski definition) is 0. The van der Waals surface area contributed by atoms with Crippen LogP contribution in [0, 0.1) is 23.2 Å². The Bertz CT molecular complexity index is 982. The van der Waals surface area contributed by atoms with Gasteiger partial charge >= 0.3 is 0 Å². The Balaban J connectivity index is 1.65. The molecule has 6 heteroatoms. The first kappa shape index (κ1) is 36.2. The highest BCUT2D eigenvalue weighted by Gasteiger charge is 2.50. The van der Waals surface area contributed by atoms with E-state index < -0.39 is 25.0 Å². The SMILES string of the molecule is C=C1CCC(O[Si](C)(C)C)C/C1=C/C=C1\CCCC2(C)C1CCC2C(C)CCCC(C)(CO[Si](C)(C)C)O[Si](C)(C)C. The van der Waals surface area contributed by atoms with Crippen LogP contribution in [0.15, 0.2) is 35.5 Å². The smallest absolute Gasteiger partial charge is 0.184 e. The quantitative estimate of drug-likeness (QED) is 0.189. The Morgan fingerprint density at radius 3 is 2.26 bits per heavy atom. The molecule has 0 heterocycles. The Hall–Kier alpha value is -0.249. The summed E-state index contributed by atoms with van der Waals surface area (Å²) in [7, 11) is -4.76. The van der Waals surface area contributed by atoms with Crippen LogP contribution >= 0.6 is 0 Å². The zero-order valence-electron chi connectivity index (χ0n) is 29.9. The van der Waals surface area contributed by atoms with Crippen LogP contribution in [0.5, 0.6) is 0 Å². The molecule has 0 aromatic heterocycles. The molecule has 42 heavy (non-hydrogen) atoms. The summed E-state index contributed by atoms with van der Waals surface area (Å²) in [6.45, 7) is 33.4. The van der Waals surface area contributed by atoms with Gasteiger partial charge < -0.3 is 13.3 Å². The summed E-state index contributed by atoms with van der Waals surface area (Å²) < 4.78 is 19.7. The van der Waals surface area contributed by atoms with E-state index in [-0.39, 0.29) is 5.60 Å². The Morgan fingerprint density at radius 1 is 0.952 bits per heavy atom. The largest absolute Gasteiger partial charge is 0.415 e. The summed E-state index contributed by atoms with van der Waals surface area (Å²) in [5.41, 5.74) is 4.76. The molecule has 0 aromatic rings. The molecule has 0 radical (unpaired) electrons. The molecule has 6 atom stereocenters. The molecule has 0 aromatic carbocycles. The molecular weight excluding hydrogens is 565 g/mol. The van der Waals surface area contributed by atoms with E-state index in [0.717, 1.165) is 50.0 Å². The lowest BCUT2D eigenvalue weighted by molar-refractivity contribution is 0.0134.